The zero-order valence-corrected chi connectivity index (χ0v) is 17.2. The van der Waals surface area contributed by atoms with Crippen molar-refractivity contribution in [3.05, 3.63) is 34.2 Å². The summed E-state index contributed by atoms with van der Waals surface area (Å²) < 4.78 is 2.75. The predicted molar refractivity (Wildman–Crippen MR) is 113 cm³/mol. The second kappa shape index (κ2) is 8.35. The first-order valence-electron chi connectivity index (χ1n) is 10.0. The van der Waals surface area contributed by atoms with Crippen LogP contribution in [-0.4, -0.2) is 44.6 Å². The summed E-state index contributed by atoms with van der Waals surface area (Å²) in [5.41, 5.74) is 1.23. The van der Waals surface area contributed by atoms with E-state index in [2.05, 4.69) is 16.3 Å². The van der Waals surface area contributed by atoms with Gasteiger partial charge in [0.25, 0.3) is 5.56 Å². The van der Waals surface area contributed by atoms with Gasteiger partial charge >= 0.3 is 0 Å². The number of thiocarbonyl (C=S) groups is 1. The van der Waals surface area contributed by atoms with Crippen molar-refractivity contribution < 1.29 is 4.79 Å². The molecule has 7 heteroatoms. The minimum absolute atomic E-state index is 0.100. The number of likely N-dealkylation sites (tertiary alicyclic amines) is 1. The van der Waals surface area contributed by atoms with Crippen molar-refractivity contribution in [3.8, 4) is 0 Å². The minimum Gasteiger partial charge on any atom is -0.356 e. The lowest BCUT2D eigenvalue weighted by Crippen LogP contribution is -2.48. The Morgan fingerprint density at radius 1 is 1.19 bits per heavy atom. The molecule has 0 spiro atoms. The van der Waals surface area contributed by atoms with E-state index < -0.39 is 0 Å². The summed E-state index contributed by atoms with van der Waals surface area (Å²) in [7, 11) is 0. The van der Waals surface area contributed by atoms with Crippen LogP contribution in [0.4, 0.5) is 0 Å². The van der Waals surface area contributed by atoms with Crippen LogP contribution >= 0.6 is 24.0 Å². The van der Waals surface area contributed by atoms with Crippen molar-refractivity contribution >= 4 is 34.2 Å². The lowest BCUT2D eigenvalue weighted by molar-refractivity contribution is -0.119. The first kappa shape index (κ1) is 19.0. The van der Waals surface area contributed by atoms with Crippen LogP contribution in [0.3, 0.4) is 0 Å². The van der Waals surface area contributed by atoms with E-state index in [1.54, 1.807) is 6.07 Å². The van der Waals surface area contributed by atoms with E-state index in [-0.39, 0.29) is 11.5 Å². The number of nitrogens with one attached hydrogen (secondary N) is 1. The van der Waals surface area contributed by atoms with Gasteiger partial charge in [0.05, 0.1) is 5.75 Å². The third kappa shape index (κ3) is 4.40. The third-order valence-electron chi connectivity index (χ3n) is 6.03. The van der Waals surface area contributed by atoms with E-state index in [9.17, 15) is 9.59 Å². The van der Waals surface area contributed by atoms with Crippen molar-refractivity contribution in [2.45, 2.75) is 57.0 Å². The number of fused-ring (bicyclic) bond motifs is 4. The molecule has 1 N–H and O–H groups in total. The maximum Gasteiger partial charge on any atom is 0.250 e. The summed E-state index contributed by atoms with van der Waals surface area (Å²) in [5, 5.41) is 3.16. The molecular weight excluding hydrogens is 378 g/mol. The molecule has 3 aliphatic rings. The SMILES string of the molecule is O=C(CSC(=S)N1CC2CC(C1)c1cccc(=O)n1C2)NC1CCCCC1. The first-order valence-corrected chi connectivity index (χ1v) is 11.4. The van der Waals surface area contributed by atoms with Crippen LogP contribution in [0.25, 0.3) is 0 Å². The maximum atomic E-state index is 12.2. The molecule has 0 radical (unpaired) electrons. The van der Waals surface area contributed by atoms with E-state index in [4.69, 9.17) is 12.2 Å². The Bertz CT molecular complexity index is 773. The molecule has 2 fully saturated rings. The molecule has 3 heterocycles. The van der Waals surface area contributed by atoms with Gasteiger partial charge in [0, 0.05) is 43.4 Å². The quantitative estimate of drug-likeness (QED) is 0.784. The summed E-state index contributed by atoms with van der Waals surface area (Å²) in [4.78, 5) is 26.6. The van der Waals surface area contributed by atoms with Crippen molar-refractivity contribution in [3.63, 3.8) is 0 Å². The zero-order valence-electron chi connectivity index (χ0n) is 15.6. The molecule has 1 saturated heterocycles. The second-order valence-electron chi connectivity index (χ2n) is 8.06. The Morgan fingerprint density at radius 2 is 2.00 bits per heavy atom. The molecule has 4 rings (SSSR count). The Morgan fingerprint density at radius 3 is 2.81 bits per heavy atom. The lowest BCUT2D eigenvalue weighted by atomic mass is 9.83. The molecule has 0 aromatic carbocycles. The van der Waals surface area contributed by atoms with E-state index in [0.29, 0.717) is 23.6 Å². The summed E-state index contributed by atoms with van der Waals surface area (Å²) in [6.07, 6.45) is 7.06. The number of thioether (sulfide) groups is 1. The molecule has 2 unspecified atom stereocenters. The highest BCUT2D eigenvalue weighted by Crippen LogP contribution is 2.36. The van der Waals surface area contributed by atoms with Crippen LogP contribution in [0.2, 0.25) is 0 Å². The maximum absolute atomic E-state index is 12.2. The van der Waals surface area contributed by atoms with Gasteiger partial charge in [-0.1, -0.05) is 49.3 Å². The standard InChI is InChI=1S/C20H27N3O2S2/c24-18(21-16-5-2-1-3-6-16)13-27-20(26)22-10-14-9-15(12-22)17-7-4-8-19(25)23(17)11-14/h4,7-8,14-16H,1-3,5-6,9-13H2,(H,21,24). The van der Waals surface area contributed by atoms with Crippen LogP contribution in [-0.2, 0) is 11.3 Å². The molecule has 1 saturated carbocycles. The number of amides is 1. The highest BCUT2D eigenvalue weighted by Gasteiger charge is 2.35. The largest absolute Gasteiger partial charge is 0.356 e. The average molecular weight is 406 g/mol. The van der Waals surface area contributed by atoms with Crippen LogP contribution in [0.5, 0.6) is 0 Å². The zero-order chi connectivity index (χ0) is 18.8. The van der Waals surface area contributed by atoms with Crippen molar-refractivity contribution in [1.82, 2.24) is 14.8 Å². The highest BCUT2D eigenvalue weighted by atomic mass is 32.2. The highest BCUT2D eigenvalue weighted by molar-refractivity contribution is 8.23. The number of carbonyl (C=O) groups is 1. The smallest absolute Gasteiger partial charge is 0.250 e. The Balaban J connectivity index is 1.31. The lowest BCUT2D eigenvalue weighted by Gasteiger charge is -2.43. The number of rotatable bonds is 3. The fourth-order valence-corrected chi connectivity index (χ4v) is 5.78. The van der Waals surface area contributed by atoms with E-state index in [1.807, 2.05) is 10.6 Å². The summed E-state index contributed by atoms with van der Waals surface area (Å²) in [6, 6.07) is 5.92. The summed E-state index contributed by atoms with van der Waals surface area (Å²) >= 11 is 7.12. The molecule has 1 aliphatic carbocycles. The van der Waals surface area contributed by atoms with Gasteiger partial charge < -0.3 is 14.8 Å². The fraction of sp³-hybridized carbons (Fsp3) is 0.650. The van der Waals surface area contributed by atoms with Crippen molar-refractivity contribution in [2.24, 2.45) is 5.92 Å². The van der Waals surface area contributed by atoms with Gasteiger partial charge in [-0.25, -0.2) is 0 Å². The number of nitrogens with zero attached hydrogens (tertiary/aromatic N) is 2. The number of hydrogen-bond donors (Lipinski definition) is 1. The Kier molecular flexibility index (Phi) is 5.88. The fourth-order valence-electron chi connectivity index (χ4n) is 4.78. The van der Waals surface area contributed by atoms with Crippen molar-refractivity contribution in [1.29, 1.82) is 0 Å². The molecule has 1 aromatic rings. The summed E-state index contributed by atoms with van der Waals surface area (Å²) in [6.45, 7) is 2.50. The second-order valence-corrected chi connectivity index (χ2v) is 9.67. The first-order chi connectivity index (χ1) is 13.1. The van der Waals surface area contributed by atoms with Crippen molar-refractivity contribution in [2.75, 3.05) is 18.8 Å². The van der Waals surface area contributed by atoms with Gasteiger partial charge in [-0.05, 0) is 31.2 Å². The normalized spacial score (nSPS) is 25.0. The van der Waals surface area contributed by atoms with Gasteiger partial charge in [0.1, 0.15) is 4.32 Å². The van der Waals surface area contributed by atoms with Gasteiger partial charge in [0.15, 0.2) is 0 Å². The third-order valence-corrected chi connectivity index (χ3v) is 7.56. The van der Waals surface area contributed by atoms with E-state index in [1.165, 1.54) is 31.0 Å². The van der Waals surface area contributed by atoms with Gasteiger partial charge in [-0.3, -0.25) is 9.59 Å². The molecule has 1 amide bonds. The van der Waals surface area contributed by atoms with Crippen LogP contribution < -0.4 is 10.9 Å². The van der Waals surface area contributed by atoms with Crippen LogP contribution in [0, 0.1) is 5.92 Å². The average Bonchev–Trinajstić information content (AvgIpc) is 2.67. The monoisotopic (exact) mass is 405 g/mol. The predicted octanol–water partition coefficient (Wildman–Crippen LogP) is 2.73. The Hall–Kier alpha value is -1.34. The number of aromatic nitrogens is 1. The minimum atomic E-state index is 0.100. The molecule has 2 aliphatic heterocycles. The molecule has 2 atom stereocenters. The molecule has 27 heavy (non-hydrogen) atoms. The van der Waals surface area contributed by atoms with Crippen LogP contribution in [0.15, 0.2) is 23.0 Å². The molecule has 146 valence electrons. The molecular formula is C20H27N3O2S2. The topological polar surface area (TPSA) is 54.3 Å². The van der Waals surface area contributed by atoms with Crippen LogP contribution in [0.1, 0.15) is 50.1 Å². The number of pyridine rings is 1. The van der Waals surface area contributed by atoms with Gasteiger partial charge in [0.2, 0.25) is 5.91 Å². The number of carbonyl (C=O) groups excluding carboxylic acids is 1. The van der Waals surface area contributed by atoms with Gasteiger partial charge in [-0.2, -0.15) is 0 Å². The van der Waals surface area contributed by atoms with E-state index in [0.717, 1.165) is 48.9 Å². The number of piperidine rings is 1. The molecule has 5 nitrogen and oxygen atoms in total. The Labute approximate surface area is 169 Å². The molecule has 2 bridgehead atoms. The van der Waals surface area contributed by atoms with E-state index >= 15 is 0 Å². The van der Waals surface area contributed by atoms with Gasteiger partial charge in [-0.15, -0.1) is 0 Å². The number of hydrogen-bond acceptors (Lipinski definition) is 4. The summed E-state index contributed by atoms with van der Waals surface area (Å²) in [5.74, 6) is 1.30. The molecule has 1 aromatic heterocycles.